The Bertz CT molecular complexity index is 874. The molecule has 162 valence electrons. The van der Waals surface area contributed by atoms with E-state index in [9.17, 15) is 22.0 Å². The van der Waals surface area contributed by atoms with Gasteiger partial charge < -0.3 is 9.64 Å². The molecule has 1 aromatic rings. The molecule has 1 unspecified atom stereocenters. The quantitative estimate of drug-likeness (QED) is 0.658. The third kappa shape index (κ3) is 4.70. The van der Waals surface area contributed by atoms with Crippen LogP contribution in [0.4, 0.5) is 8.78 Å². The van der Waals surface area contributed by atoms with E-state index >= 15 is 0 Å². The van der Waals surface area contributed by atoms with E-state index in [0.29, 0.717) is 12.1 Å². The summed E-state index contributed by atoms with van der Waals surface area (Å²) in [7, 11) is -2.64. The fourth-order valence-corrected chi connectivity index (χ4v) is 5.67. The summed E-state index contributed by atoms with van der Waals surface area (Å²) in [5, 5.41) is -0.176. The standard InChI is InChI=1S/C18H24ClF2N3O4S/c1-12-4-5-14(15(19)22-12)29(26,27)24-10-3-11-28-17(24)16(25)23(2)13-6-8-18(20,21)9-7-13/h4-5,13,17H,3,6-11H2,1-2H3. The zero-order chi connectivity index (χ0) is 21.4. The highest BCUT2D eigenvalue weighted by atomic mass is 35.5. The molecule has 1 amide bonds. The molecule has 1 saturated carbocycles. The first-order chi connectivity index (χ1) is 13.5. The minimum absolute atomic E-state index is 0.0829. The largest absolute Gasteiger partial charge is 0.353 e. The molecule has 1 aliphatic carbocycles. The predicted octanol–water partition coefficient (Wildman–Crippen LogP) is 2.82. The van der Waals surface area contributed by atoms with Gasteiger partial charge in [-0.15, -0.1) is 0 Å². The summed E-state index contributed by atoms with van der Waals surface area (Å²) in [6.45, 7) is 1.99. The Morgan fingerprint density at radius 2 is 2.00 bits per heavy atom. The van der Waals surface area contributed by atoms with Crippen LogP contribution in [-0.2, 0) is 19.6 Å². The lowest BCUT2D eigenvalue weighted by Gasteiger charge is -2.39. The summed E-state index contributed by atoms with van der Waals surface area (Å²) in [5.74, 6) is -3.29. The normalized spacial score (nSPS) is 23.7. The number of hydrogen-bond donors (Lipinski definition) is 0. The van der Waals surface area contributed by atoms with Gasteiger partial charge in [0.2, 0.25) is 22.2 Å². The second-order valence-electron chi connectivity index (χ2n) is 7.47. The smallest absolute Gasteiger partial charge is 0.268 e. The highest BCUT2D eigenvalue weighted by Gasteiger charge is 2.44. The van der Waals surface area contributed by atoms with Crippen LogP contribution in [0.1, 0.15) is 37.8 Å². The molecule has 0 N–H and O–H groups in total. The number of alkyl halides is 2. The zero-order valence-electron chi connectivity index (χ0n) is 16.3. The maximum Gasteiger partial charge on any atom is 0.268 e. The minimum Gasteiger partial charge on any atom is -0.353 e. The van der Waals surface area contributed by atoms with Crippen LogP contribution in [0, 0.1) is 6.92 Å². The number of aryl methyl sites for hydroxylation is 1. The number of carbonyl (C=O) groups excluding carboxylic acids is 1. The van der Waals surface area contributed by atoms with Crippen LogP contribution in [0.25, 0.3) is 0 Å². The molecule has 0 spiro atoms. The monoisotopic (exact) mass is 451 g/mol. The molecule has 0 bridgehead atoms. The van der Waals surface area contributed by atoms with Crippen molar-refractivity contribution in [3.63, 3.8) is 0 Å². The number of aromatic nitrogens is 1. The maximum atomic E-state index is 13.4. The van der Waals surface area contributed by atoms with Crippen molar-refractivity contribution in [1.29, 1.82) is 0 Å². The van der Waals surface area contributed by atoms with E-state index in [0.717, 1.165) is 4.31 Å². The molecule has 1 saturated heterocycles. The number of sulfonamides is 1. The van der Waals surface area contributed by atoms with Crippen LogP contribution < -0.4 is 0 Å². The Morgan fingerprint density at radius 3 is 2.62 bits per heavy atom. The molecule has 1 aliphatic heterocycles. The first kappa shape index (κ1) is 22.3. The van der Waals surface area contributed by atoms with E-state index in [-0.39, 0.29) is 54.9 Å². The first-order valence-electron chi connectivity index (χ1n) is 9.44. The number of likely N-dealkylation sites (N-methyl/N-ethyl adjacent to an activating group) is 1. The lowest BCUT2D eigenvalue weighted by Crippen LogP contribution is -2.56. The molecule has 1 atom stereocenters. The van der Waals surface area contributed by atoms with Crippen molar-refractivity contribution < 1.29 is 26.7 Å². The average molecular weight is 452 g/mol. The van der Waals surface area contributed by atoms with Gasteiger partial charge in [-0.2, -0.15) is 4.31 Å². The fraction of sp³-hybridized carbons (Fsp3) is 0.667. The third-order valence-electron chi connectivity index (χ3n) is 5.39. The number of amides is 1. The second-order valence-corrected chi connectivity index (χ2v) is 9.69. The van der Waals surface area contributed by atoms with Crippen molar-refractivity contribution in [2.24, 2.45) is 0 Å². The molecule has 2 fully saturated rings. The molecule has 11 heteroatoms. The van der Waals surface area contributed by atoms with E-state index in [1.165, 1.54) is 24.1 Å². The van der Waals surface area contributed by atoms with Crippen LogP contribution in [0.2, 0.25) is 5.15 Å². The second kappa shape index (κ2) is 8.41. The van der Waals surface area contributed by atoms with Gasteiger partial charge in [-0.3, -0.25) is 4.79 Å². The molecular weight excluding hydrogens is 428 g/mol. The molecule has 0 aromatic carbocycles. The Labute approximate surface area is 174 Å². The fourth-order valence-electron chi connectivity index (χ4n) is 3.65. The first-order valence-corrected chi connectivity index (χ1v) is 11.3. The SMILES string of the molecule is Cc1ccc(S(=O)(=O)N2CCCOC2C(=O)N(C)C2CCC(F)(F)CC2)c(Cl)n1. The van der Waals surface area contributed by atoms with Crippen LogP contribution in [-0.4, -0.2) is 66.9 Å². The Morgan fingerprint density at radius 1 is 1.34 bits per heavy atom. The van der Waals surface area contributed by atoms with Gasteiger partial charge in [0.15, 0.2) is 0 Å². The van der Waals surface area contributed by atoms with Gasteiger partial charge in [-0.05, 0) is 38.3 Å². The van der Waals surface area contributed by atoms with Crippen LogP contribution in [0.15, 0.2) is 17.0 Å². The lowest BCUT2D eigenvalue weighted by atomic mass is 9.91. The summed E-state index contributed by atoms with van der Waals surface area (Å²) >= 11 is 6.05. The molecule has 7 nitrogen and oxygen atoms in total. The predicted molar refractivity (Wildman–Crippen MR) is 102 cm³/mol. The molecule has 2 heterocycles. The Kier molecular flexibility index (Phi) is 6.47. The minimum atomic E-state index is -4.14. The number of pyridine rings is 1. The van der Waals surface area contributed by atoms with E-state index in [2.05, 4.69) is 4.98 Å². The van der Waals surface area contributed by atoms with Crippen LogP contribution in [0.5, 0.6) is 0 Å². The highest BCUT2D eigenvalue weighted by Crippen LogP contribution is 2.35. The highest BCUT2D eigenvalue weighted by molar-refractivity contribution is 7.89. The topological polar surface area (TPSA) is 79.8 Å². The zero-order valence-corrected chi connectivity index (χ0v) is 17.8. The van der Waals surface area contributed by atoms with E-state index in [1.54, 1.807) is 6.92 Å². The van der Waals surface area contributed by atoms with Crippen molar-refractivity contribution in [2.75, 3.05) is 20.2 Å². The number of carbonyl (C=O) groups is 1. The van der Waals surface area contributed by atoms with Crippen LogP contribution >= 0.6 is 11.6 Å². The van der Waals surface area contributed by atoms with Gasteiger partial charge in [0.25, 0.3) is 5.91 Å². The molecule has 1 aromatic heterocycles. The van der Waals surface area contributed by atoms with Gasteiger partial charge in [0.05, 0.1) is 6.61 Å². The summed E-state index contributed by atoms with van der Waals surface area (Å²) in [6.07, 6.45) is -1.23. The molecule has 2 aliphatic rings. The van der Waals surface area contributed by atoms with Crippen molar-refractivity contribution in [3.8, 4) is 0 Å². The van der Waals surface area contributed by atoms with Gasteiger partial charge in [-0.25, -0.2) is 22.2 Å². The van der Waals surface area contributed by atoms with Crippen molar-refractivity contribution in [3.05, 3.63) is 23.0 Å². The summed E-state index contributed by atoms with van der Waals surface area (Å²) in [4.78, 5) is 18.2. The lowest BCUT2D eigenvalue weighted by molar-refractivity contribution is -0.159. The molecule has 3 rings (SSSR count). The van der Waals surface area contributed by atoms with Gasteiger partial charge >= 0.3 is 0 Å². The van der Waals surface area contributed by atoms with Gasteiger partial charge in [0.1, 0.15) is 10.0 Å². The van der Waals surface area contributed by atoms with E-state index in [4.69, 9.17) is 16.3 Å². The van der Waals surface area contributed by atoms with Crippen molar-refractivity contribution in [1.82, 2.24) is 14.2 Å². The third-order valence-corrected chi connectivity index (χ3v) is 7.67. The molecule has 0 radical (unpaired) electrons. The Hall–Kier alpha value is -1.36. The van der Waals surface area contributed by atoms with Crippen molar-refractivity contribution >= 4 is 27.5 Å². The van der Waals surface area contributed by atoms with E-state index < -0.39 is 28.1 Å². The van der Waals surface area contributed by atoms with Gasteiger partial charge in [0, 0.05) is 38.2 Å². The summed E-state index contributed by atoms with van der Waals surface area (Å²) in [6, 6.07) is 2.49. The summed E-state index contributed by atoms with van der Waals surface area (Å²) < 4.78 is 59.7. The van der Waals surface area contributed by atoms with Crippen LogP contribution in [0.3, 0.4) is 0 Å². The molecule has 29 heavy (non-hydrogen) atoms. The maximum absolute atomic E-state index is 13.4. The number of ether oxygens (including phenoxy) is 1. The molecular formula is C18H24ClF2N3O4S. The van der Waals surface area contributed by atoms with Gasteiger partial charge in [-0.1, -0.05) is 11.6 Å². The average Bonchev–Trinajstić information content (AvgIpc) is 2.66. The Balaban J connectivity index is 1.83. The number of nitrogens with zero attached hydrogens (tertiary/aromatic N) is 3. The number of rotatable bonds is 4. The van der Waals surface area contributed by atoms with E-state index in [1.807, 2.05) is 0 Å². The van der Waals surface area contributed by atoms with Crippen molar-refractivity contribution in [2.45, 2.75) is 62.1 Å². The number of hydrogen-bond acceptors (Lipinski definition) is 5. The number of halogens is 3. The summed E-state index contributed by atoms with van der Waals surface area (Å²) in [5.41, 5.74) is 0.560.